The average molecular weight is 385 g/mol. The minimum Gasteiger partial charge on any atom is -0.497 e. The van der Waals surface area contributed by atoms with Gasteiger partial charge in [0.2, 0.25) is 0 Å². The number of rotatable bonds is 8. The number of nitrogens with one attached hydrogen (secondary N) is 1. The van der Waals surface area contributed by atoms with Gasteiger partial charge in [0, 0.05) is 11.8 Å². The minimum atomic E-state index is -0.968. The molecule has 0 aliphatic rings. The number of anilines is 1. The second kappa shape index (κ2) is 9.78. The highest BCUT2D eigenvalue weighted by Crippen LogP contribution is 2.27. The van der Waals surface area contributed by atoms with Gasteiger partial charge in [-0.1, -0.05) is 32.0 Å². The third-order valence-electron chi connectivity index (χ3n) is 4.64. The quantitative estimate of drug-likeness (QED) is 0.682. The van der Waals surface area contributed by atoms with Crippen LogP contribution in [0.15, 0.2) is 42.5 Å². The molecule has 2 aromatic carbocycles. The summed E-state index contributed by atoms with van der Waals surface area (Å²) in [6, 6.07) is 12.4. The Balaban J connectivity index is 2.10. The molecule has 0 radical (unpaired) electrons. The number of hydrogen-bond acceptors (Lipinski definition) is 5. The molecule has 6 heteroatoms. The molecule has 0 saturated carbocycles. The average Bonchev–Trinajstić information content (AvgIpc) is 2.72. The molecule has 1 N–H and O–H groups in total. The van der Waals surface area contributed by atoms with Crippen molar-refractivity contribution in [3.63, 3.8) is 0 Å². The van der Waals surface area contributed by atoms with E-state index in [0.29, 0.717) is 17.4 Å². The van der Waals surface area contributed by atoms with E-state index in [4.69, 9.17) is 14.2 Å². The van der Waals surface area contributed by atoms with Crippen molar-refractivity contribution in [2.75, 3.05) is 19.5 Å². The number of hydrogen-bond donors (Lipinski definition) is 1. The molecule has 0 bridgehead atoms. The highest BCUT2D eigenvalue weighted by Gasteiger charge is 2.23. The number of ether oxygens (including phenoxy) is 3. The van der Waals surface area contributed by atoms with Gasteiger partial charge in [0.15, 0.2) is 6.10 Å². The summed E-state index contributed by atoms with van der Waals surface area (Å²) < 4.78 is 15.7. The van der Waals surface area contributed by atoms with Gasteiger partial charge < -0.3 is 19.5 Å². The first-order valence-electron chi connectivity index (χ1n) is 9.24. The Bertz CT molecular complexity index is 833. The highest BCUT2D eigenvalue weighted by molar-refractivity contribution is 5.98. The zero-order valence-corrected chi connectivity index (χ0v) is 16.9. The van der Waals surface area contributed by atoms with Crippen molar-refractivity contribution in [3.8, 4) is 11.5 Å². The van der Waals surface area contributed by atoms with Crippen LogP contribution < -0.4 is 14.8 Å². The van der Waals surface area contributed by atoms with E-state index in [2.05, 4.69) is 19.2 Å². The molecule has 0 spiro atoms. The lowest BCUT2D eigenvalue weighted by atomic mass is 9.97. The van der Waals surface area contributed by atoms with Crippen LogP contribution >= 0.6 is 0 Å². The van der Waals surface area contributed by atoms with Crippen molar-refractivity contribution in [1.29, 1.82) is 0 Å². The first-order valence-corrected chi connectivity index (χ1v) is 9.24. The van der Waals surface area contributed by atoms with E-state index in [-0.39, 0.29) is 5.56 Å². The van der Waals surface area contributed by atoms with Crippen LogP contribution in [0, 0.1) is 0 Å². The Morgan fingerprint density at radius 2 is 1.75 bits per heavy atom. The van der Waals surface area contributed by atoms with E-state index in [1.54, 1.807) is 18.2 Å². The lowest BCUT2D eigenvalue weighted by Gasteiger charge is -2.18. The first kappa shape index (κ1) is 21.3. The van der Waals surface area contributed by atoms with Crippen molar-refractivity contribution in [2.24, 2.45) is 0 Å². The van der Waals surface area contributed by atoms with E-state index in [1.807, 2.05) is 24.3 Å². The van der Waals surface area contributed by atoms with Gasteiger partial charge in [0.25, 0.3) is 5.91 Å². The highest BCUT2D eigenvalue weighted by atomic mass is 16.5. The van der Waals surface area contributed by atoms with Gasteiger partial charge in [-0.15, -0.1) is 0 Å². The number of esters is 1. The number of benzene rings is 2. The maximum Gasteiger partial charge on any atom is 0.342 e. The van der Waals surface area contributed by atoms with Gasteiger partial charge in [0.1, 0.15) is 17.1 Å². The maximum absolute atomic E-state index is 12.6. The summed E-state index contributed by atoms with van der Waals surface area (Å²) in [4.78, 5) is 25.0. The van der Waals surface area contributed by atoms with Gasteiger partial charge in [-0.3, -0.25) is 4.79 Å². The third-order valence-corrected chi connectivity index (χ3v) is 4.64. The van der Waals surface area contributed by atoms with Crippen LogP contribution in [-0.2, 0) is 9.53 Å². The predicted octanol–water partition coefficient (Wildman–Crippen LogP) is 4.40. The van der Waals surface area contributed by atoms with Gasteiger partial charge in [0.05, 0.1) is 14.2 Å². The Hall–Kier alpha value is -3.02. The van der Waals surface area contributed by atoms with Crippen LogP contribution in [0.4, 0.5) is 5.69 Å². The van der Waals surface area contributed by atoms with Crippen LogP contribution in [0.5, 0.6) is 11.5 Å². The van der Waals surface area contributed by atoms with Crippen molar-refractivity contribution in [1.82, 2.24) is 0 Å². The van der Waals surface area contributed by atoms with E-state index in [9.17, 15) is 9.59 Å². The SMILES string of the molecule is CC[C@H](C)c1ccccc1NC(=O)[C@@H](C)OC(=O)c1ccc(OC)cc1OC. The second-order valence-electron chi connectivity index (χ2n) is 6.50. The molecule has 0 aliphatic heterocycles. The molecule has 0 fully saturated rings. The minimum absolute atomic E-state index is 0.225. The molecule has 0 aromatic heterocycles. The molecule has 2 atom stereocenters. The summed E-state index contributed by atoms with van der Waals surface area (Å²) in [5, 5.41) is 2.86. The molecule has 150 valence electrons. The van der Waals surface area contributed by atoms with Crippen LogP contribution in [0.25, 0.3) is 0 Å². The molecule has 2 rings (SSSR count). The largest absolute Gasteiger partial charge is 0.497 e. The number of carbonyl (C=O) groups excluding carboxylic acids is 2. The fourth-order valence-corrected chi connectivity index (χ4v) is 2.74. The van der Waals surface area contributed by atoms with E-state index in [1.165, 1.54) is 21.1 Å². The van der Waals surface area contributed by atoms with Gasteiger partial charge >= 0.3 is 5.97 Å². The predicted molar refractivity (Wildman–Crippen MR) is 108 cm³/mol. The molecule has 0 aliphatic carbocycles. The summed E-state index contributed by atoms with van der Waals surface area (Å²) in [6.45, 7) is 5.73. The standard InChI is InChI=1S/C22H27NO5/c1-6-14(2)17-9-7-8-10-19(17)23-21(24)15(3)28-22(25)18-12-11-16(26-4)13-20(18)27-5/h7-15H,6H2,1-5H3,(H,23,24)/t14-,15+/m0/s1. The van der Waals surface area contributed by atoms with Crippen molar-refractivity contribution in [2.45, 2.75) is 39.2 Å². The molecule has 1 amide bonds. The van der Waals surface area contributed by atoms with Crippen molar-refractivity contribution < 1.29 is 23.8 Å². The van der Waals surface area contributed by atoms with Crippen LogP contribution in [0.1, 0.15) is 49.0 Å². The number of carbonyl (C=O) groups is 2. The summed E-state index contributed by atoms with van der Waals surface area (Å²) in [6.07, 6.45) is -0.0152. The van der Waals surface area contributed by atoms with E-state index < -0.39 is 18.0 Å². The Kier molecular flexibility index (Phi) is 7.44. The van der Waals surface area contributed by atoms with Gasteiger partial charge in [-0.25, -0.2) is 4.79 Å². The fourth-order valence-electron chi connectivity index (χ4n) is 2.74. The topological polar surface area (TPSA) is 73.9 Å². The fraction of sp³-hybridized carbons (Fsp3) is 0.364. The third kappa shape index (κ3) is 5.03. The summed E-state index contributed by atoms with van der Waals surface area (Å²) in [5.41, 5.74) is 2.00. The Morgan fingerprint density at radius 1 is 1.04 bits per heavy atom. The van der Waals surface area contributed by atoms with Gasteiger partial charge in [-0.05, 0) is 43.0 Å². The second-order valence-corrected chi connectivity index (χ2v) is 6.50. The van der Waals surface area contributed by atoms with Crippen molar-refractivity contribution in [3.05, 3.63) is 53.6 Å². The molecular formula is C22H27NO5. The normalized spacial score (nSPS) is 12.6. The lowest BCUT2D eigenvalue weighted by Crippen LogP contribution is -2.30. The Labute approximate surface area is 165 Å². The summed E-state index contributed by atoms with van der Waals surface area (Å²) >= 11 is 0. The van der Waals surface area contributed by atoms with Crippen LogP contribution in [0.2, 0.25) is 0 Å². The smallest absolute Gasteiger partial charge is 0.342 e. The summed E-state index contributed by atoms with van der Waals surface area (Å²) in [5.74, 6) is 0.145. The summed E-state index contributed by atoms with van der Waals surface area (Å²) in [7, 11) is 2.98. The Morgan fingerprint density at radius 3 is 2.39 bits per heavy atom. The van der Waals surface area contributed by atoms with Crippen LogP contribution in [-0.4, -0.2) is 32.2 Å². The van der Waals surface area contributed by atoms with E-state index in [0.717, 1.165) is 17.7 Å². The number of amides is 1. The molecule has 0 saturated heterocycles. The first-order chi connectivity index (χ1) is 13.4. The van der Waals surface area contributed by atoms with Gasteiger partial charge in [-0.2, -0.15) is 0 Å². The number of para-hydroxylation sites is 1. The monoisotopic (exact) mass is 385 g/mol. The molecule has 0 heterocycles. The van der Waals surface area contributed by atoms with Crippen molar-refractivity contribution >= 4 is 17.6 Å². The van der Waals surface area contributed by atoms with E-state index >= 15 is 0 Å². The zero-order valence-electron chi connectivity index (χ0n) is 16.9. The lowest BCUT2D eigenvalue weighted by molar-refractivity contribution is -0.123. The van der Waals surface area contributed by atoms with Crippen LogP contribution in [0.3, 0.4) is 0 Å². The number of methoxy groups -OCH3 is 2. The maximum atomic E-state index is 12.6. The molecule has 6 nitrogen and oxygen atoms in total. The molecule has 0 unspecified atom stereocenters. The molecule has 2 aromatic rings. The zero-order chi connectivity index (χ0) is 20.7. The molecule has 28 heavy (non-hydrogen) atoms. The molecular weight excluding hydrogens is 358 g/mol.